The summed E-state index contributed by atoms with van der Waals surface area (Å²) >= 11 is 0. The predicted octanol–water partition coefficient (Wildman–Crippen LogP) is 2.78. The fourth-order valence-electron chi connectivity index (χ4n) is 2.25. The molecule has 104 valence electrons. The average Bonchev–Trinajstić information content (AvgIpc) is 2.46. The highest BCUT2D eigenvalue weighted by Crippen LogP contribution is 2.21. The Morgan fingerprint density at radius 1 is 1.25 bits per heavy atom. The predicted molar refractivity (Wildman–Crippen MR) is 81.6 cm³/mol. The average molecular weight is 268 g/mol. The molecule has 1 atom stereocenters. The first-order valence-electron chi connectivity index (χ1n) is 6.80. The second-order valence-corrected chi connectivity index (χ2v) is 5.02. The molecule has 1 N–H and O–H groups in total. The standard InChI is InChI=1S/C17H20N2O/c1-12-6-4-5-7-15(12)16-9-8-14(11-19-16)10-17(18-3)13(2)20/h4-9,11,17-18H,10H2,1-3H3. The van der Waals surface area contributed by atoms with Crippen molar-refractivity contribution in [2.45, 2.75) is 26.3 Å². The van der Waals surface area contributed by atoms with Gasteiger partial charge in [0, 0.05) is 11.8 Å². The van der Waals surface area contributed by atoms with Crippen LogP contribution in [-0.4, -0.2) is 23.9 Å². The van der Waals surface area contributed by atoms with Crippen LogP contribution in [0.1, 0.15) is 18.1 Å². The molecular formula is C17H20N2O. The van der Waals surface area contributed by atoms with Gasteiger partial charge >= 0.3 is 0 Å². The number of carbonyl (C=O) groups is 1. The zero-order chi connectivity index (χ0) is 14.5. The van der Waals surface area contributed by atoms with E-state index in [1.54, 1.807) is 14.0 Å². The molecule has 0 saturated heterocycles. The van der Waals surface area contributed by atoms with Gasteiger partial charge in [-0.05, 0) is 44.5 Å². The molecule has 1 heterocycles. The Balaban J connectivity index is 2.18. The van der Waals surface area contributed by atoms with E-state index in [2.05, 4.69) is 29.4 Å². The van der Waals surface area contributed by atoms with E-state index in [0.717, 1.165) is 16.8 Å². The lowest BCUT2D eigenvalue weighted by Gasteiger charge is -2.12. The van der Waals surface area contributed by atoms with E-state index >= 15 is 0 Å². The number of hydrogen-bond acceptors (Lipinski definition) is 3. The van der Waals surface area contributed by atoms with Gasteiger partial charge in [-0.2, -0.15) is 0 Å². The molecule has 0 aliphatic rings. The molecular weight excluding hydrogens is 248 g/mol. The molecule has 0 saturated carbocycles. The van der Waals surface area contributed by atoms with Gasteiger partial charge < -0.3 is 5.32 Å². The van der Waals surface area contributed by atoms with E-state index in [9.17, 15) is 4.79 Å². The summed E-state index contributed by atoms with van der Waals surface area (Å²) in [6.07, 6.45) is 2.53. The van der Waals surface area contributed by atoms with Crippen LogP contribution in [-0.2, 0) is 11.2 Å². The van der Waals surface area contributed by atoms with Crippen molar-refractivity contribution in [2.24, 2.45) is 0 Å². The molecule has 0 aliphatic carbocycles. The summed E-state index contributed by atoms with van der Waals surface area (Å²) < 4.78 is 0. The molecule has 1 aromatic heterocycles. The van der Waals surface area contributed by atoms with Gasteiger partial charge in [-0.1, -0.05) is 30.3 Å². The van der Waals surface area contributed by atoms with Gasteiger partial charge in [0.05, 0.1) is 11.7 Å². The fourth-order valence-corrected chi connectivity index (χ4v) is 2.25. The number of pyridine rings is 1. The first kappa shape index (κ1) is 14.4. The maximum absolute atomic E-state index is 11.4. The maximum atomic E-state index is 11.4. The number of aromatic nitrogens is 1. The molecule has 0 amide bonds. The second-order valence-electron chi connectivity index (χ2n) is 5.02. The molecule has 20 heavy (non-hydrogen) atoms. The molecule has 0 bridgehead atoms. The maximum Gasteiger partial charge on any atom is 0.147 e. The molecule has 0 aliphatic heterocycles. The van der Waals surface area contributed by atoms with Crippen molar-refractivity contribution < 1.29 is 4.79 Å². The lowest BCUT2D eigenvalue weighted by Crippen LogP contribution is -2.34. The second kappa shape index (κ2) is 6.44. The largest absolute Gasteiger partial charge is 0.310 e. The number of aryl methyl sites for hydroxylation is 1. The molecule has 3 heteroatoms. The zero-order valence-corrected chi connectivity index (χ0v) is 12.2. The summed E-state index contributed by atoms with van der Waals surface area (Å²) in [6, 6.07) is 12.1. The third-order valence-corrected chi connectivity index (χ3v) is 3.52. The summed E-state index contributed by atoms with van der Waals surface area (Å²) in [5.41, 5.74) is 4.40. The molecule has 2 rings (SSSR count). The highest BCUT2D eigenvalue weighted by atomic mass is 16.1. The molecule has 0 spiro atoms. The van der Waals surface area contributed by atoms with E-state index in [1.807, 2.05) is 30.5 Å². The minimum Gasteiger partial charge on any atom is -0.310 e. The molecule has 1 aromatic carbocycles. The number of benzene rings is 1. The number of nitrogens with zero attached hydrogens (tertiary/aromatic N) is 1. The van der Waals surface area contributed by atoms with Gasteiger partial charge in [-0.3, -0.25) is 9.78 Å². The molecule has 0 fully saturated rings. The molecule has 0 radical (unpaired) electrons. The zero-order valence-electron chi connectivity index (χ0n) is 12.2. The monoisotopic (exact) mass is 268 g/mol. The van der Waals surface area contributed by atoms with E-state index in [-0.39, 0.29) is 11.8 Å². The van der Waals surface area contributed by atoms with E-state index in [0.29, 0.717) is 6.42 Å². The van der Waals surface area contributed by atoms with Crippen LogP contribution in [0.5, 0.6) is 0 Å². The Morgan fingerprint density at radius 3 is 2.55 bits per heavy atom. The number of likely N-dealkylation sites (N-methyl/N-ethyl adjacent to an activating group) is 1. The van der Waals surface area contributed by atoms with Crippen LogP contribution < -0.4 is 5.32 Å². The Kier molecular flexibility index (Phi) is 4.64. The van der Waals surface area contributed by atoms with Gasteiger partial charge in [0.25, 0.3) is 0 Å². The topological polar surface area (TPSA) is 42.0 Å². The van der Waals surface area contributed by atoms with Crippen LogP contribution in [0.25, 0.3) is 11.3 Å². The van der Waals surface area contributed by atoms with Crippen LogP contribution in [0.2, 0.25) is 0 Å². The van der Waals surface area contributed by atoms with Crippen molar-refractivity contribution in [1.29, 1.82) is 0 Å². The highest BCUT2D eigenvalue weighted by molar-refractivity contribution is 5.81. The first-order valence-corrected chi connectivity index (χ1v) is 6.80. The molecule has 2 aromatic rings. The minimum absolute atomic E-state index is 0.138. The van der Waals surface area contributed by atoms with Crippen LogP contribution in [0.15, 0.2) is 42.6 Å². The van der Waals surface area contributed by atoms with Crippen molar-refractivity contribution in [2.75, 3.05) is 7.05 Å². The normalized spacial score (nSPS) is 12.2. The van der Waals surface area contributed by atoms with Gasteiger partial charge in [0.2, 0.25) is 0 Å². The Hall–Kier alpha value is -2.00. The van der Waals surface area contributed by atoms with Crippen molar-refractivity contribution in [1.82, 2.24) is 10.3 Å². The van der Waals surface area contributed by atoms with Crippen molar-refractivity contribution in [3.63, 3.8) is 0 Å². The Morgan fingerprint density at radius 2 is 2.00 bits per heavy atom. The number of carbonyl (C=O) groups excluding carboxylic acids is 1. The lowest BCUT2D eigenvalue weighted by atomic mass is 10.0. The molecule has 1 unspecified atom stereocenters. The van der Waals surface area contributed by atoms with E-state index in [4.69, 9.17) is 0 Å². The van der Waals surface area contributed by atoms with Crippen molar-refractivity contribution in [3.8, 4) is 11.3 Å². The number of ketones is 1. The SMILES string of the molecule is CNC(Cc1ccc(-c2ccccc2C)nc1)C(C)=O. The summed E-state index contributed by atoms with van der Waals surface area (Å²) in [5, 5.41) is 3.03. The highest BCUT2D eigenvalue weighted by Gasteiger charge is 2.12. The molecule has 3 nitrogen and oxygen atoms in total. The van der Waals surface area contributed by atoms with E-state index in [1.165, 1.54) is 5.56 Å². The van der Waals surface area contributed by atoms with Gasteiger partial charge in [0.1, 0.15) is 5.78 Å². The Bertz CT molecular complexity index is 590. The Labute approximate surface area is 120 Å². The summed E-state index contributed by atoms with van der Waals surface area (Å²) in [4.78, 5) is 15.9. The van der Waals surface area contributed by atoms with Gasteiger partial charge in [-0.25, -0.2) is 0 Å². The number of Topliss-reactive ketones (excluding diaryl/α,β-unsaturated/α-hetero) is 1. The van der Waals surface area contributed by atoms with Crippen LogP contribution >= 0.6 is 0 Å². The van der Waals surface area contributed by atoms with E-state index < -0.39 is 0 Å². The minimum atomic E-state index is -0.138. The third kappa shape index (κ3) is 3.31. The van der Waals surface area contributed by atoms with Crippen molar-refractivity contribution in [3.05, 3.63) is 53.7 Å². The van der Waals surface area contributed by atoms with Gasteiger partial charge in [-0.15, -0.1) is 0 Å². The van der Waals surface area contributed by atoms with Crippen LogP contribution in [0.3, 0.4) is 0 Å². The smallest absolute Gasteiger partial charge is 0.147 e. The quantitative estimate of drug-likeness (QED) is 0.906. The third-order valence-electron chi connectivity index (χ3n) is 3.52. The fraction of sp³-hybridized carbons (Fsp3) is 0.294. The van der Waals surface area contributed by atoms with Crippen molar-refractivity contribution >= 4 is 5.78 Å². The van der Waals surface area contributed by atoms with Gasteiger partial charge in [0.15, 0.2) is 0 Å². The summed E-state index contributed by atoms with van der Waals surface area (Å²) in [7, 11) is 1.81. The number of nitrogens with one attached hydrogen (secondary N) is 1. The number of hydrogen-bond donors (Lipinski definition) is 1. The first-order chi connectivity index (χ1) is 9.61. The summed E-state index contributed by atoms with van der Waals surface area (Å²) in [6.45, 7) is 3.69. The van der Waals surface area contributed by atoms with Crippen LogP contribution in [0, 0.1) is 6.92 Å². The lowest BCUT2D eigenvalue weighted by molar-refractivity contribution is -0.118. The number of rotatable bonds is 5. The summed E-state index contributed by atoms with van der Waals surface area (Å²) in [5.74, 6) is 0.149. The van der Waals surface area contributed by atoms with Crippen LogP contribution in [0.4, 0.5) is 0 Å².